The zero-order valence-corrected chi connectivity index (χ0v) is 11.0. The monoisotopic (exact) mass is 291 g/mol. The van der Waals surface area contributed by atoms with Gasteiger partial charge in [-0.15, -0.1) is 0 Å². The third kappa shape index (κ3) is 1.67. The van der Waals surface area contributed by atoms with Gasteiger partial charge in [0.25, 0.3) is 0 Å². The lowest BCUT2D eigenvalue weighted by Crippen LogP contribution is -1.88. The predicted octanol–water partition coefficient (Wildman–Crippen LogP) is 3.30. The second kappa shape index (κ2) is 3.70. The smallest absolute Gasteiger partial charge is 0.153 e. The van der Waals surface area contributed by atoms with Crippen LogP contribution in [0.3, 0.4) is 0 Å². The summed E-state index contributed by atoms with van der Waals surface area (Å²) in [7, 11) is 1.89. The van der Waals surface area contributed by atoms with Crippen molar-refractivity contribution >= 4 is 27.0 Å². The van der Waals surface area contributed by atoms with E-state index in [1.54, 1.807) is 10.9 Å². The summed E-state index contributed by atoms with van der Waals surface area (Å²) in [6.07, 6.45) is 5.43. The first-order chi connectivity index (χ1) is 8.15. The van der Waals surface area contributed by atoms with Crippen LogP contribution in [0.2, 0.25) is 0 Å². The van der Waals surface area contributed by atoms with Crippen LogP contribution in [0.5, 0.6) is 0 Å². The zero-order chi connectivity index (χ0) is 12.0. The summed E-state index contributed by atoms with van der Waals surface area (Å²) in [5.41, 5.74) is 4.66. The van der Waals surface area contributed by atoms with Gasteiger partial charge in [-0.25, -0.2) is 4.98 Å². The quantitative estimate of drug-likeness (QED) is 0.691. The number of aryl methyl sites for hydroxylation is 2. The summed E-state index contributed by atoms with van der Waals surface area (Å²) in [5, 5.41) is 4.17. The Kier molecular flexibility index (Phi) is 2.29. The molecule has 0 amide bonds. The highest BCUT2D eigenvalue weighted by molar-refractivity contribution is 9.10. The van der Waals surface area contributed by atoms with Gasteiger partial charge >= 0.3 is 0 Å². The van der Waals surface area contributed by atoms with Crippen molar-refractivity contribution in [3.63, 3.8) is 0 Å². The van der Waals surface area contributed by atoms with Gasteiger partial charge in [0.15, 0.2) is 5.58 Å². The number of rotatable bonds is 1. The van der Waals surface area contributed by atoms with E-state index >= 15 is 0 Å². The standard InChI is InChI=1S/C12H10BrN3O/c1-7-3-10-12(9(13)6-17-10)15-11(7)8-4-14-16(2)5-8/h3-6H,1-2H3. The Morgan fingerprint density at radius 2 is 2.24 bits per heavy atom. The summed E-state index contributed by atoms with van der Waals surface area (Å²) in [4.78, 5) is 4.62. The highest BCUT2D eigenvalue weighted by atomic mass is 79.9. The molecule has 3 aromatic rings. The van der Waals surface area contributed by atoms with Crippen LogP contribution in [-0.2, 0) is 7.05 Å². The molecule has 3 heterocycles. The molecule has 86 valence electrons. The molecule has 0 saturated carbocycles. The van der Waals surface area contributed by atoms with Crippen LogP contribution >= 0.6 is 15.9 Å². The molecule has 0 spiro atoms. The van der Waals surface area contributed by atoms with Crippen molar-refractivity contribution in [2.75, 3.05) is 0 Å². The Labute approximate surface area is 106 Å². The molecule has 0 aliphatic heterocycles. The maximum Gasteiger partial charge on any atom is 0.153 e. The Morgan fingerprint density at radius 1 is 1.41 bits per heavy atom. The Balaban J connectivity index is 2.28. The van der Waals surface area contributed by atoms with E-state index in [9.17, 15) is 0 Å². The molecule has 17 heavy (non-hydrogen) atoms. The van der Waals surface area contributed by atoms with E-state index in [0.29, 0.717) is 0 Å². The highest BCUT2D eigenvalue weighted by Crippen LogP contribution is 2.29. The van der Waals surface area contributed by atoms with Crippen molar-refractivity contribution in [2.24, 2.45) is 7.05 Å². The van der Waals surface area contributed by atoms with Crippen LogP contribution in [0.15, 0.2) is 33.6 Å². The number of pyridine rings is 1. The molecule has 3 aromatic heterocycles. The number of nitrogens with zero attached hydrogens (tertiary/aromatic N) is 3. The molecule has 0 fully saturated rings. The van der Waals surface area contributed by atoms with Gasteiger partial charge in [-0.05, 0) is 34.5 Å². The van der Waals surface area contributed by atoms with E-state index in [2.05, 4.69) is 26.0 Å². The molecule has 0 saturated heterocycles. The van der Waals surface area contributed by atoms with Gasteiger partial charge in [0.2, 0.25) is 0 Å². The summed E-state index contributed by atoms with van der Waals surface area (Å²) >= 11 is 3.43. The molecule has 3 rings (SSSR count). The first kappa shape index (κ1) is 10.5. The number of halogens is 1. The van der Waals surface area contributed by atoms with Crippen molar-refractivity contribution in [1.29, 1.82) is 0 Å². The topological polar surface area (TPSA) is 43.9 Å². The van der Waals surface area contributed by atoms with Crippen LogP contribution in [0.25, 0.3) is 22.4 Å². The van der Waals surface area contributed by atoms with Crippen molar-refractivity contribution in [3.8, 4) is 11.3 Å². The fourth-order valence-electron chi connectivity index (χ4n) is 1.86. The van der Waals surface area contributed by atoms with Gasteiger partial charge in [-0.1, -0.05) is 0 Å². The highest BCUT2D eigenvalue weighted by Gasteiger charge is 2.11. The lowest BCUT2D eigenvalue weighted by Gasteiger charge is -2.01. The molecule has 0 aliphatic rings. The molecule has 0 N–H and O–H groups in total. The number of fused-ring (bicyclic) bond motifs is 1. The molecule has 0 atom stereocenters. The number of hydrogen-bond acceptors (Lipinski definition) is 3. The second-order valence-electron chi connectivity index (χ2n) is 3.99. The van der Waals surface area contributed by atoms with E-state index in [4.69, 9.17) is 4.42 Å². The largest absolute Gasteiger partial charge is 0.461 e. The van der Waals surface area contributed by atoms with Crippen LogP contribution in [-0.4, -0.2) is 14.8 Å². The lowest BCUT2D eigenvalue weighted by atomic mass is 10.1. The SMILES string of the molecule is Cc1cc2occ(Br)c2nc1-c1cnn(C)c1. The number of aromatic nitrogens is 3. The fourth-order valence-corrected chi connectivity index (χ4v) is 2.23. The third-order valence-corrected chi connectivity index (χ3v) is 3.23. The van der Waals surface area contributed by atoms with Crippen molar-refractivity contribution < 1.29 is 4.42 Å². The maximum atomic E-state index is 5.40. The average Bonchev–Trinajstić information content (AvgIpc) is 2.85. The molecule has 0 bridgehead atoms. The minimum Gasteiger partial charge on any atom is -0.461 e. The normalized spacial score (nSPS) is 11.2. The van der Waals surface area contributed by atoms with Crippen LogP contribution < -0.4 is 0 Å². The predicted molar refractivity (Wildman–Crippen MR) is 68.6 cm³/mol. The maximum absolute atomic E-state index is 5.40. The number of hydrogen-bond donors (Lipinski definition) is 0. The minimum atomic E-state index is 0.794. The summed E-state index contributed by atoms with van der Waals surface area (Å²) in [6.45, 7) is 2.02. The van der Waals surface area contributed by atoms with Crippen LogP contribution in [0.4, 0.5) is 0 Å². The molecule has 0 radical (unpaired) electrons. The van der Waals surface area contributed by atoms with Gasteiger partial charge in [0.1, 0.15) is 11.8 Å². The third-order valence-electron chi connectivity index (χ3n) is 2.67. The van der Waals surface area contributed by atoms with E-state index in [0.717, 1.165) is 32.4 Å². The molecular formula is C12H10BrN3O. The summed E-state index contributed by atoms with van der Waals surface area (Å²) in [5.74, 6) is 0. The molecule has 0 unspecified atom stereocenters. The second-order valence-corrected chi connectivity index (χ2v) is 4.84. The molecule has 4 nitrogen and oxygen atoms in total. The minimum absolute atomic E-state index is 0.794. The first-order valence-corrected chi connectivity index (χ1v) is 5.98. The van der Waals surface area contributed by atoms with Gasteiger partial charge in [-0.3, -0.25) is 4.68 Å². The van der Waals surface area contributed by atoms with Crippen molar-refractivity contribution in [3.05, 3.63) is 34.8 Å². The first-order valence-electron chi connectivity index (χ1n) is 5.18. The van der Waals surface area contributed by atoms with Crippen LogP contribution in [0.1, 0.15) is 5.56 Å². The van der Waals surface area contributed by atoms with E-state index in [1.165, 1.54) is 0 Å². The van der Waals surface area contributed by atoms with Crippen molar-refractivity contribution in [2.45, 2.75) is 6.92 Å². The van der Waals surface area contributed by atoms with Crippen molar-refractivity contribution in [1.82, 2.24) is 14.8 Å². The number of furan rings is 1. The zero-order valence-electron chi connectivity index (χ0n) is 9.44. The molecule has 0 aliphatic carbocycles. The fraction of sp³-hybridized carbons (Fsp3) is 0.167. The van der Waals surface area contributed by atoms with E-state index in [-0.39, 0.29) is 0 Å². The van der Waals surface area contributed by atoms with Gasteiger partial charge in [0, 0.05) is 18.8 Å². The summed E-state index contributed by atoms with van der Waals surface area (Å²) < 4.78 is 8.04. The molecule has 0 aromatic carbocycles. The van der Waals surface area contributed by atoms with Crippen LogP contribution in [0, 0.1) is 6.92 Å². The Morgan fingerprint density at radius 3 is 2.94 bits per heavy atom. The molecular weight excluding hydrogens is 282 g/mol. The van der Waals surface area contributed by atoms with E-state index in [1.807, 2.05) is 32.4 Å². The van der Waals surface area contributed by atoms with E-state index < -0.39 is 0 Å². The van der Waals surface area contributed by atoms with Gasteiger partial charge in [0.05, 0.1) is 16.4 Å². The lowest BCUT2D eigenvalue weighted by molar-refractivity contribution is 0.613. The molecule has 5 heteroatoms. The van der Waals surface area contributed by atoms with Gasteiger partial charge < -0.3 is 4.42 Å². The summed E-state index contributed by atoms with van der Waals surface area (Å²) in [6, 6.07) is 2.00. The average molecular weight is 292 g/mol. The van der Waals surface area contributed by atoms with Gasteiger partial charge in [-0.2, -0.15) is 5.10 Å². The Hall–Kier alpha value is -1.62. The Bertz CT molecular complexity index is 699.